The molecule has 0 radical (unpaired) electrons. The number of nitrogens with zero attached hydrogens (tertiary/aromatic N) is 2. The smallest absolute Gasteiger partial charge is 0.204 e. The maximum atomic E-state index is 5.67. The normalized spacial score (nSPS) is 13.9. The third-order valence-electron chi connectivity index (χ3n) is 5.43. The van der Waals surface area contributed by atoms with Crippen LogP contribution in [0.5, 0.6) is 17.2 Å². The molecular weight excluding hydrogens is 366 g/mol. The third kappa shape index (κ3) is 4.75. The second kappa shape index (κ2) is 9.83. The predicted octanol–water partition coefficient (Wildman–Crippen LogP) is 4.31. The highest BCUT2D eigenvalue weighted by molar-refractivity contribution is 5.92. The van der Waals surface area contributed by atoms with Crippen molar-refractivity contribution in [3.05, 3.63) is 29.3 Å². The Kier molecular flexibility index (Phi) is 7.20. The van der Waals surface area contributed by atoms with Crippen molar-refractivity contribution in [3.8, 4) is 17.2 Å². The van der Waals surface area contributed by atoms with E-state index < -0.39 is 0 Å². The van der Waals surface area contributed by atoms with E-state index in [1.165, 1.54) is 25.7 Å². The molecule has 0 spiro atoms. The first kappa shape index (κ1) is 21.2. The van der Waals surface area contributed by atoms with Crippen molar-refractivity contribution in [3.63, 3.8) is 0 Å². The fourth-order valence-corrected chi connectivity index (χ4v) is 3.94. The maximum absolute atomic E-state index is 5.67. The Hall–Kier alpha value is -2.47. The van der Waals surface area contributed by atoms with Gasteiger partial charge in [0.25, 0.3) is 0 Å². The predicted molar refractivity (Wildman–Crippen MR) is 119 cm³/mol. The van der Waals surface area contributed by atoms with Gasteiger partial charge in [-0.15, -0.1) is 0 Å². The van der Waals surface area contributed by atoms with Gasteiger partial charge in [-0.25, -0.2) is 4.98 Å². The van der Waals surface area contributed by atoms with Gasteiger partial charge in [-0.3, -0.25) is 0 Å². The molecule has 0 bridgehead atoms. The van der Waals surface area contributed by atoms with Crippen LogP contribution in [0.2, 0.25) is 0 Å². The molecule has 2 aromatic rings. The fraction of sp³-hybridized carbons (Fsp3) is 0.522. The molecule has 29 heavy (non-hydrogen) atoms. The number of fused-ring (bicyclic) bond motifs is 1. The summed E-state index contributed by atoms with van der Waals surface area (Å²) in [5.74, 6) is 2.79. The summed E-state index contributed by atoms with van der Waals surface area (Å²) in [4.78, 5) is 6.94. The van der Waals surface area contributed by atoms with Crippen LogP contribution in [-0.2, 0) is 6.54 Å². The van der Waals surface area contributed by atoms with Crippen LogP contribution in [0.15, 0.2) is 23.8 Å². The summed E-state index contributed by atoms with van der Waals surface area (Å²) in [6, 6.07) is 4.04. The molecule has 0 fully saturated rings. The van der Waals surface area contributed by atoms with Gasteiger partial charge >= 0.3 is 0 Å². The highest BCUT2D eigenvalue weighted by atomic mass is 16.5. The first-order valence-electron chi connectivity index (χ1n) is 10.3. The Labute approximate surface area is 173 Å². The third-order valence-corrected chi connectivity index (χ3v) is 5.43. The van der Waals surface area contributed by atoms with Crippen molar-refractivity contribution < 1.29 is 14.2 Å². The number of anilines is 1. The van der Waals surface area contributed by atoms with Gasteiger partial charge in [0.15, 0.2) is 11.5 Å². The van der Waals surface area contributed by atoms with Crippen molar-refractivity contribution in [2.45, 2.75) is 38.6 Å². The van der Waals surface area contributed by atoms with Gasteiger partial charge in [0.1, 0.15) is 5.82 Å². The lowest BCUT2D eigenvalue weighted by Gasteiger charge is -2.20. The van der Waals surface area contributed by atoms with Gasteiger partial charge in [0.05, 0.1) is 26.8 Å². The molecule has 0 aliphatic heterocycles. The Morgan fingerprint density at radius 1 is 1.03 bits per heavy atom. The quantitative estimate of drug-likeness (QED) is 0.501. The SMILES string of the molecule is COc1cc2nc(N(C)C)c(CNCCC3=CCCCC3)cc2c(OC)c1OC. The zero-order valence-corrected chi connectivity index (χ0v) is 18.3. The van der Waals surface area contributed by atoms with Gasteiger partial charge in [-0.05, 0) is 44.7 Å². The van der Waals surface area contributed by atoms with Crippen molar-refractivity contribution in [1.29, 1.82) is 0 Å². The Bertz CT molecular complexity index is 878. The highest BCUT2D eigenvalue weighted by Gasteiger charge is 2.19. The molecule has 1 aliphatic carbocycles. The van der Waals surface area contributed by atoms with E-state index in [9.17, 15) is 0 Å². The van der Waals surface area contributed by atoms with Gasteiger partial charge in [0.2, 0.25) is 5.75 Å². The summed E-state index contributed by atoms with van der Waals surface area (Å²) in [5.41, 5.74) is 3.54. The number of aromatic nitrogens is 1. The number of hydrogen-bond donors (Lipinski definition) is 1. The highest BCUT2D eigenvalue weighted by Crippen LogP contribution is 2.43. The van der Waals surface area contributed by atoms with Crippen LogP contribution in [0, 0.1) is 0 Å². The zero-order valence-electron chi connectivity index (χ0n) is 18.3. The van der Waals surface area contributed by atoms with E-state index in [0.717, 1.165) is 41.8 Å². The summed E-state index contributed by atoms with van der Waals surface area (Å²) in [5, 5.41) is 4.51. The van der Waals surface area contributed by atoms with Crippen LogP contribution in [0.3, 0.4) is 0 Å². The number of nitrogens with one attached hydrogen (secondary N) is 1. The van der Waals surface area contributed by atoms with E-state index in [4.69, 9.17) is 19.2 Å². The van der Waals surface area contributed by atoms with Crippen molar-refractivity contribution in [1.82, 2.24) is 10.3 Å². The lowest BCUT2D eigenvalue weighted by molar-refractivity contribution is 0.327. The lowest BCUT2D eigenvalue weighted by atomic mass is 9.97. The minimum absolute atomic E-state index is 0.588. The summed E-state index contributed by atoms with van der Waals surface area (Å²) in [6.07, 6.45) is 8.68. The summed E-state index contributed by atoms with van der Waals surface area (Å²) < 4.78 is 16.7. The average molecular weight is 400 g/mol. The molecule has 0 amide bonds. The zero-order chi connectivity index (χ0) is 20.8. The Morgan fingerprint density at radius 2 is 1.83 bits per heavy atom. The van der Waals surface area contributed by atoms with E-state index >= 15 is 0 Å². The minimum Gasteiger partial charge on any atom is -0.493 e. The number of benzene rings is 1. The second-order valence-corrected chi connectivity index (χ2v) is 7.61. The Balaban J connectivity index is 1.88. The molecule has 0 saturated carbocycles. The lowest BCUT2D eigenvalue weighted by Crippen LogP contribution is -2.20. The molecule has 3 rings (SSSR count). The van der Waals surface area contributed by atoms with Crippen LogP contribution in [0.4, 0.5) is 5.82 Å². The average Bonchev–Trinajstić information content (AvgIpc) is 2.75. The molecule has 158 valence electrons. The summed E-state index contributed by atoms with van der Waals surface area (Å²) in [6.45, 7) is 1.72. The van der Waals surface area contributed by atoms with Gasteiger partial charge in [-0.1, -0.05) is 11.6 Å². The first-order chi connectivity index (χ1) is 14.1. The minimum atomic E-state index is 0.588. The second-order valence-electron chi connectivity index (χ2n) is 7.61. The number of hydrogen-bond acceptors (Lipinski definition) is 6. The number of methoxy groups -OCH3 is 3. The molecule has 6 nitrogen and oxygen atoms in total. The molecule has 1 aromatic carbocycles. The van der Waals surface area contributed by atoms with Gasteiger partial charge in [-0.2, -0.15) is 0 Å². The number of pyridine rings is 1. The van der Waals surface area contributed by atoms with Crippen LogP contribution >= 0.6 is 0 Å². The molecule has 1 N–H and O–H groups in total. The fourth-order valence-electron chi connectivity index (χ4n) is 3.94. The van der Waals surface area contributed by atoms with Crippen LogP contribution in [0.25, 0.3) is 10.9 Å². The number of ether oxygens (including phenoxy) is 3. The molecule has 6 heteroatoms. The summed E-state index contributed by atoms with van der Waals surface area (Å²) in [7, 11) is 8.92. The van der Waals surface area contributed by atoms with E-state index in [1.54, 1.807) is 26.9 Å². The molecule has 0 unspecified atom stereocenters. The largest absolute Gasteiger partial charge is 0.493 e. The van der Waals surface area contributed by atoms with Crippen LogP contribution in [-0.4, -0.2) is 47.0 Å². The molecular formula is C23H33N3O3. The van der Waals surface area contributed by atoms with Gasteiger partial charge < -0.3 is 24.4 Å². The molecule has 0 atom stereocenters. The molecule has 1 heterocycles. The van der Waals surface area contributed by atoms with E-state index in [1.807, 2.05) is 25.1 Å². The van der Waals surface area contributed by atoms with E-state index in [-0.39, 0.29) is 0 Å². The van der Waals surface area contributed by atoms with Crippen LogP contribution < -0.4 is 24.4 Å². The molecule has 1 aromatic heterocycles. The van der Waals surface area contributed by atoms with Crippen molar-refractivity contribution in [2.24, 2.45) is 0 Å². The monoisotopic (exact) mass is 399 g/mol. The topological polar surface area (TPSA) is 55.9 Å². The number of allylic oxidation sites excluding steroid dienone is 1. The van der Waals surface area contributed by atoms with E-state index in [0.29, 0.717) is 17.2 Å². The van der Waals surface area contributed by atoms with Crippen molar-refractivity contribution in [2.75, 3.05) is 46.9 Å². The van der Waals surface area contributed by atoms with Crippen molar-refractivity contribution >= 4 is 16.7 Å². The van der Waals surface area contributed by atoms with E-state index in [2.05, 4.69) is 17.5 Å². The van der Waals surface area contributed by atoms with Gasteiger partial charge in [0, 0.05) is 37.7 Å². The molecule has 0 saturated heterocycles. The maximum Gasteiger partial charge on any atom is 0.204 e. The first-order valence-corrected chi connectivity index (χ1v) is 10.3. The Morgan fingerprint density at radius 3 is 2.45 bits per heavy atom. The number of rotatable bonds is 9. The van der Waals surface area contributed by atoms with Crippen LogP contribution in [0.1, 0.15) is 37.7 Å². The molecule has 1 aliphatic rings. The summed E-state index contributed by atoms with van der Waals surface area (Å²) >= 11 is 0. The standard InChI is InChI=1S/C23H33N3O3/c1-26(2)23-17(15-24-12-11-16-9-7-6-8-10-16)13-18-19(25-23)14-20(27-3)22(29-5)21(18)28-4/h9,13-14,24H,6-8,10-12,15H2,1-5H3.